The van der Waals surface area contributed by atoms with Crippen LogP contribution in [0.15, 0.2) is 12.2 Å². The molecule has 1 saturated carbocycles. The Labute approximate surface area is 85.0 Å². The SMILES string of the molecule is CCC(C12C=CC(CC1)C2)S(=O)(=O)O. The van der Waals surface area contributed by atoms with E-state index in [0.29, 0.717) is 12.3 Å². The predicted octanol–water partition coefficient (Wildman–Crippen LogP) is 2.01. The molecule has 0 radical (unpaired) electrons. The van der Waals surface area contributed by atoms with Gasteiger partial charge in [-0.05, 0) is 31.6 Å². The summed E-state index contributed by atoms with van der Waals surface area (Å²) < 4.78 is 31.7. The molecule has 0 aromatic rings. The molecule has 14 heavy (non-hydrogen) atoms. The van der Waals surface area contributed by atoms with Gasteiger partial charge in [0.1, 0.15) is 0 Å². The minimum absolute atomic E-state index is 0.257. The molecule has 3 unspecified atom stereocenters. The molecule has 0 heterocycles. The van der Waals surface area contributed by atoms with Gasteiger partial charge in [-0.25, -0.2) is 0 Å². The average molecular weight is 216 g/mol. The molecule has 2 aliphatic carbocycles. The highest BCUT2D eigenvalue weighted by Crippen LogP contribution is 2.53. The Balaban J connectivity index is 2.33. The van der Waals surface area contributed by atoms with Crippen LogP contribution in [0.3, 0.4) is 0 Å². The van der Waals surface area contributed by atoms with Crippen LogP contribution in [0.25, 0.3) is 0 Å². The molecular weight excluding hydrogens is 200 g/mol. The minimum Gasteiger partial charge on any atom is -0.285 e. The van der Waals surface area contributed by atoms with E-state index in [1.807, 2.05) is 13.0 Å². The molecule has 1 fully saturated rings. The van der Waals surface area contributed by atoms with Gasteiger partial charge in [0, 0.05) is 5.41 Å². The summed E-state index contributed by atoms with van der Waals surface area (Å²) in [5.41, 5.74) is -0.257. The van der Waals surface area contributed by atoms with Crippen LogP contribution in [0.1, 0.15) is 32.6 Å². The van der Waals surface area contributed by atoms with Crippen molar-refractivity contribution < 1.29 is 13.0 Å². The van der Waals surface area contributed by atoms with Gasteiger partial charge in [-0.3, -0.25) is 4.55 Å². The summed E-state index contributed by atoms with van der Waals surface area (Å²) in [6, 6.07) is 0. The molecule has 0 spiro atoms. The first-order chi connectivity index (χ1) is 6.48. The van der Waals surface area contributed by atoms with Crippen molar-refractivity contribution >= 4 is 10.1 Å². The van der Waals surface area contributed by atoms with E-state index in [1.165, 1.54) is 0 Å². The van der Waals surface area contributed by atoms with Gasteiger partial charge in [0.25, 0.3) is 10.1 Å². The van der Waals surface area contributed by atoms with Crippen LogP contribution in [0.5, 0.6) is 0 Å². The number of allylic oxidation sites excluding steroid dienone is 2. The minimum atomic E-state index is -3.89. The van der Waals surface area contributed by atoms with E-state index in [2.05, 4.69) is 6.08 Å². The molecule has 3 atom stereocenters. The van der Waals surface area contributed by atoms with Gasteiger partial charge in [-0.1, -0.05) is 19.1 Å². The summed E-state index contributed by atoms with van der Waals surface area (Å²) in [5.74, 6) is 0.547. The van der Waals surface area contributed by atoms with Crippen LogP contribution in [0.2, 0.25) is 0 Å². The van der Waals surface area contributed by atoms with Crippen molar-refractivity contribution in [2.24, 2.45) is 11.3 Å². The van der Waals surface area contributed by atoms with E-state index in [0.717, 1.165) is 19.3 Å². The zero-order chi connectivity index (χ0) is 10.4. The van der Waals surface area contributed by atoms with E-state index in [4.69, 9.17) is 0 Å². The Bertz CT molecular complexity index is 358. The van der Waals surface area contributed by atoms with Crippen molar-refractivity contribution in [2.45, 2.75) is 37.9 Å². The molecule has 2 rings (SSSR count). The zero-order valence-corrected chi connectivity index (χ0v) is 9.13. The predicted molar refractivity (Wildman–Crippen MR) is 54.5 cm³/mol. The highest BCUT2D eigenvalue weighted by Gasteiger charge is 2.50. The molecule has 0 aliphatic heterocycles. The molecule has 80 valence electrons. The monoisotopic (exact) mass is 216 g/mol. The van der Waals surface area contributed by atoms with E-state index in [1.54, 1.807) is 0 Å². The first-order valence-corrected chi connectivity index (χ1v) is 6.64. The van der Waals surface area contributed by atoms with Crippen molar-refractivity contribution in [3.63, 3.8) is 0 Å². The van der Waals surface area contributed by atoms with E-state index >= 15 is 0 Å². The van der Waals surface area contributed by atoms with Gasteiger partial charge in [0.2, 0.25) is 0 Å². The lowest BCUT2D eigenvalue weighted by Crippen LogP contribution is -2.36. The number of fused-ring (bicyclic) bond motifs is 2. The third-order valence-electron chi connectivity index (χ3n) is 3.69. The van der Waals surface area contributed by atoms with Gasteiger partial charge in [0.15, 0.2) is 0 Å². The summed E-state index contributed by atoms with van der Waals surface area (Å²) in [7, 11) is -3.89. The van der Waals surface area contributed by atoms with Gasteiger partial charge in [-0.15, -0.1) is 0 Å². The van der Waals surface area contributed by atoms with Crippen LogP contribution in [0.4, 0.5) is 0 Å². The molecule has 1 N–H and O–H groups in total. The molecule has 0 aromatic heterocycles. The average Bonchev–Trinajstić information content (AvgIpc) is 2.61. The fourth-order valence-corrected chi connectivity index (χ4v) is 4.41. The van der Waals surface area contributed by atoms with Crippen LogP contribution in [-0.2, 0) is 10.1 Å². The Morgan fingerprint density at radius 1 is 1.64 bits per heavy atom. The van der Waals surface area contributed by atoms with Crippen LogP contribution < -0.4 is 0 Å². The largest absolute Gasteiger partial charge is 0.285 e. The first kappa shape index (κ1) is 10.2. The van der Waals surface area contributed by atoms with Crippen molar-refractivity contribution in [1.82, 2.24) is 0 Å². The fourth-order valence-electron chi connectivity index (χ4n) is 3.10. The van der Waals surface area contributed by atoms with Crippen molar-refractivity contribution in [2.75, 3.05) is 0 Å². The third-order valence-corrected chi connectivity index (χ3v) is 5.22. The highest BCUT2D eigenvalue weighted by molar-refractivity contribution is 7.86. The first-order valence-electron chi connectivity index (χ1n) is 5.13. The number of hydrogen-bond acceptors (Lipinski definition) is 2. The Hall–Kier alpha value is -0.350. The molecule has 2 aliphatic rings. The van der Waals surface area contributed by atoms with Crippen molar-refractivity contribution in [3.05, 3.63) is 12.2 Å². The van der Waals surface area contributed by atoms with Gasteiger partial charge < -0.3 is 0 Å². The second kappa shape index (κ2) is 3.07. The van der Waals surface area contributed by atoms with Gasteiger partial charge >= 0.3 is 0 Å². The van der Waals surface area contributed by atoms with Crippen molar-refractivity contribution in [1.29, 1.82) is 0 Å². The molecule has 0 saturated heterocycles. The smallest absolute Gasteiger partial charge is 0.268 e. The third kappa shape index (κ3) is 1.41. The summed E-state index contributed by atoms with van der Waals surface area (Å²) in [6.45, 7) is 1.83. The second-order valence-electron chi connectivity index (χ2n) is 4.51. The maximum Gasteiger partial charge on any atom is 0.268 e. The summed E-state index contributed by atoms with van der Waals surface area (Å²) in [5, 5.41) is -0.598. The molecule has 3 nitrogen and oxygen atoms in total. The highest BCUT2D eigenvalue weighted by atomic mass is 32.2. The second-order valence-corrected chi connectivity index (χ2v) is 6.11. The van der Waals surface area contributed by atoms with E-state index in [9.17, 15) is 13.0 Å². The molecule has 0 amide bonds. The number of rotatable bonds is 3. The topological polar surface area (TPSA) is 54.4 Å². The zero-order valence-electron chi connectivity index (χ0n) is 8.31. The Kier molecular flexibility index (Phi) is 2.23. The summed E-state index contributed by atoms with van der Waals surface area (Å²) >= 11 is 0. The lowest BCUT2D eigenvalue weighted by molar-refractivity contribution is 0.339. The number of hydrogen-bond donors (Lipinski definition) is 1. The van der Waals surface area contributed by atoms with Crippen LogP contribution in [0, 0.1) is 11.3 Å². The molecular formula is C10H16O3S. The van der Waals surface area contributed by atoms with E-state index in [-0.39, 0.29) is 5.41 Å². The normalized spacial score (nSPS) is 37.7. The summed E-state index contributed by atoms with van der Waals surface area (Å²) in [4.78, 5) is 0. The maximum absolute atomic E-state index is 11.3. The summed E-state index contributed by atoms with van der Waals surface area (Å²) in [6.07, 6.45) is 7.51. The van der Waals surface area contributed by atoms with Crippen LogP contribution >= 0.6 is 0 Å². The standard InChI is InChI=1S/C10H16O3S/c1-2-9(14(11,12)13)10-5-3-8(7-10)4-6-10/h3,5,8-9H,2,4,6-7H2,1H3,(H,11,12,13). The van der Waals surface area contributed by atoms with Gasteiger partial charge in [-0.2, -0.15) is 8.42 Å². The fraction of sp³-hybridized carbons (Fsp3) is 0.800. The Morgan fingerprint density at radius 2 is 2.36 bits per heavy atom. The maximum atomic E-state index is 11.3. The molecule has 2 bridgehead atoms. The molecule has 4 heteroatoms. The molecule has 0 aromatic carbocycles. The van der Waals surface area contributed by atoms with Gasteiger partial charge in [0.05, 0.1) is 5.25 Å². The van der Waals surface area contributed by atoms with Crippen LogP contribution in [-0.4, -0.2) is 18.2 Å². The lowest BCUT2D eigenvalue weighted by atomic mass is 9.83. The van der Waals surface area contributed by atoms with E-state index < -0.39 is 15.4 Å². The quantitative estimate of drug-likeness (QED) is 0.580. The lowest BCUT2D eigenvalue weighted by Gasteiger charge is -2.30. The Morgan fingerprint density at radius 3 is 2.64 bits per heavy atom. The van der Waals surface area contributed by atoms with Crippen molar-refractivity contribution in [3.8, 4) is 0 Å².